The molecular weight excluding hydrogens is 424 g/mol. The van der Waals surface area contributed by atoms with Crippen LogP contribution in [-0.4, -0.2) is 16.0 Å². The second-order valence-corrected chi connectivity index (χ2v) is 7.83. The number of carbonyl (C=O) groups excluding carboxylic acids is 2. The zero-order valence-electron chi connectivity index (χ0n) is 12.4. The standard InChI is InChI=1S/C17H9Cl4NO2S/c18-11-3-2-10(13(20)7-11)6-15-16(23)22(17(24)25-15)8-9-1-4-12(19)14(21)5-9/h1-7H,8H2/b15-6+. The first-order valence-corrected chi connectivity index (χ1v) is 9.32. The second-order valence-electron chi connectivity index (χ2n) is 5.18. The lowest BCUT2D eigenvalue weighted by Gasteiger charge is -2.13. The van der Waals surface area contributed by atoms with Crippen LogP contribution in [0.25, 0.3) is 6.08 Å². The number of halogens is 4. The van der Waals surface area contributed by atoms with Gasteiger partial charge in [0.25, 0.3) is 11.1 Å². The van der Waals surface area contributed by atoms with Crippen LogP contribution in [0.15, 0.2) is 41.3 Å². The van der Waals surface area contributed by atoms with Crippen LogP contribution < -0.4 is 0 Å². The average molecular weight is 433 g/mol. The molecule has 0 N–H and O–H groups in total. The molecule has 3 rings (SSSR count). The Balaban J connectivity index is 1.84. The lowest BCUT2D eigenvalue weighted by molar-refractivity contribution is -0.123. The minimum atomic E-state index is -0.382. The SMILES string of the molecule is O=C1S/C(=C/c2ccc(Cl)cc2Cl)C(=O)N1Cc1ccc(Cl)c(Cl)c1. The summed E-state index contributed by atoms with van der Waals surface area (Å²) in [5, 5.41) is 1.33. The predicted molar refractivity (Wildman–Crippen MR) is 104 cm³/mol. The van der Waals surface area contributed by atoms with Gasteiger partial charge in [-0.15, -0.1) is 0 Å². The summed E-state index contributed by atoms with van der Waals surface area (Å²) < 4.78 is 0. The Morgan fingerprint density at radius 1 is 0.920 bits per heavy atom. The van der Waals surface area contributed by atoms with E-state index in [-0.39, 0.29) is 17.7 Å². The van der Waals surface area contributed by atoms with Gasteiger partial charge in [-0.2, -0.15) is 0 Å². The Labute approximate surface area is 168 Å². The van der Waals surface area contributed by atoms with Crippen LogP contribution in [-0.2, 0) is 11.3 Å². The molecule has 0 radical (unpaired) electrons. The highest BCUT2D eigenvalue weighted by Crippen LogP contribution is 2.35. The van der Waals surface area contributed by atoms with E-state index in [1.54, 1.807) is 42.5 Å². The summed E-state index contributed by atoms with van der Waals surface area (Å²) in [6, 6.07) is 9.91. The molecule has 1 heterocycles. The lowest BCUT2D eigenvalue weighted by atomic mass is 10.2. The van der Waals surface area contributed by atoms with Crippen LogP contribution in [0.1, 0.15) is 11.1 Å². The number of amides is 2. The van der Waals surface area contributed by atoms with Gasteiger partial charge < -0.3 is 0 Å². The third-order valence-electron chi connectivity index (χ3n) is 3.45. The number of hydrogen-bond donors (Lipinski definition) is 0. The van der Waals surface area contributed by atoms with E-state index in [9.17, 15) is 9.59 Å². The largest absolute Gasteiger partial charge is 0.293 e. The molecule has 1 saturated heterocycles. The van der Waals surface area contributed by atoms with Crippen molar-refractivity contribution >= 4 is 75.4 Å². The van der Waals surface area contributed by atoms with Crippen molar-refractivity contribution in [2.75, 3.05) is 0 Å². The third kappa shape index (κ3) is 4.15. The van der Waals surface area contributed by atoms with Crippen molar-refractivity contribution in [3.05, 3.63) is 72.5 Å². The van der Waals surface area contributed by atoms with Crippen molar-refractivity contribution in [3.8, 4) is 0 Å². The average Bonchev–Trinajstić information content (AvgIpc) is 2.81. The Morgan fingerprint density at radius 3 is 2.36 bits per heavy atom. The first-order valence-electron chi connectivity index (χ1n) is 6.99. The molecule has 1 aliphatic heterocycles. The molecule has 0 saturated carbocycles. The minimum absolute atomic E-state index is 0.118. The van der Waals surface area contributed by atoms with E-state index in [1.807, 2.05) is 0 Å². The van der Waals surface area contributed by atoms with E-state index < -0.39 is 0 Å². The molecule has 0 bridgehead atoms. The summed E-state index contributed by atoms with van der Waals surface area (Å²) in [5.74, 6) is -0.382. The maximum Gasteiger partial charge on any atom is 0.293 e. The Kier molecular flexibility index (Phi) is 5.66. The normalized spacial score (nSPS) is 16.2. The Morgan fingerprint density at radius 2 is 1.68 bits per heavy atom. The Bertz CT molecular complexity index is 914. The minimum Gasteiger partial charge on any atom is -0.268 e. The zero-order valence-corrected chi connectivity index (χ0v) is 16.3. The molecule has 3 nitrogen and oxygen atoms in total. The molecule has 0 aromatic heterocycles. The van der Waals surface area contributed by atoms with Crippen LogP contribution in [0.5, 0.6) is 0 Å². The number of carbonyl (C=O) groups is 2. The monoisotopic (exact) mass is 431 g/mol. The molecule has 0 aliphatic carbocycles. The number of rotatable bonds is 3. The summed E-state index contributed by atoms with van der Waals surface area (Å²) in [5.41, 5.74) is 1.33. The van der Waals surface area contributed by atoms with Crippen LogP contribution in [0.4, 0.5) is 4.79 Å². The van der Waals surface area contributed by atoms with Gasteiger partial charge in [-0.05, 0) is 53.2 Å². The van der Waals surface area contributed by atoms with E-state index in [0.29, 0.717) is 36.1 Å². The van der Waals surface area contributed by atoms with Crippen molar-refractivity contribution in [3.63, 3.8) is 0 Å². The topological polar surface area (TPSA) is 37.4 Å². The lowest BCUT2D eigenvalue weighted by Crippen LogP contribution is -2.27. The van der Waals surface area contributed by atoms with Crippen molar-refractivity contribution < 1.29 is 9.59 Å². The van der Waals surface area contributed by atoms with Gasteiger partial charge in [0.15, 0.2) is 0 Å². The van der Waals surface area contributed by atoms with Crippen molar-refractivity contribution in [2.24, 2.45) is 0 Å². The van der Waals surface area contributed by atoms with E-state index in [2.05, 4.69) is 0 Å². The molecule has 2 aromatic carbocycles. The highest BCUT2D eigenvalue weighted by molar-refractivity contribution is 8.18. The van der Waals surface area contributed by atoms with Crippen molar-refractivity contribution in [1.29, 1.82) is 0 Å². The summed E-state index contributed by atoms with van der Waals surface area (Å²) >= 11 is 24.7. The Hall–Kier alpha value is -1.17. The van der Waals surface area contributed by atoms with E-state index in [1.165, 1.54) is 0 Å². The fourth-order valence-electron chi connectivity index (χ4n) is 2.22. The van der Waals surface area contributed by atoms with Crippen LogP contribution in [0, 0.1) is 0 Å². The smallest absolute Gasteiger partial charge is 0.268 e. The fraction of sp³-hybridized carbons (Fsp3) is 0.0588. The highest BCUT2D eigenvalue weighted by Gasteiger charge is 2.35. The molecule has 2 aromatic rings. The van der Waals surface area contributed by atoms with Gasteiger partial charge in [-0.1, -0.05) is 58.5 Å². The molecule has 0 unspecified atom stereocenters. The maximum absolute atomic E-state index is 12.5. The molecule has 1 fully saturated rings. The molecule has 2 amide bonds. The zero-order chi connectivity index (χ0) is 18.1. The molecular formula is C17H9Cl4NO2S. The van der Waals surface area contributed by atoms with Gasteiger partial charge in [0.1, 0.15) is 0 Å². The third-order valence-corrected chi connectivity index (χ3v) is 5.66. The quantitative estimate of drug-likeness (QED) is 0.517. The van der Waals surface area contributed by atoms with Crippen molar-refractivity contribution in [2.45, 2.75) is 6.54 Å². The molecule has 0 spiro atoms. The van der Waals surface area contributed by atoms with Crippen LogP contribution in [0.2, 0.25) is 20.1 Å². The van der Waals surface area contributed by atoms with Gasteiger partial charge in [0.2, 0.25) is 0 Å². The summed E-state index contributed by atoms with van der Waals surface area (Å²) in [4.78, 5) is 26.2. The van der Waals surface area contributed by atoms with E-state index in [0.717, 1.165) is 16.7 Å². The first kappa shape index (κ1) is 18.6. The van der Waals surface area contributed by atoms with Gasteiger partial charge in [-0.3, -0.25) is 14.5 Å². The molecule has 25 heavy (non-hydrogen) atoms. The maximum atomic E-state index is 12.5. The predicted octanol–water partition coefficient (Wildman–Crippen LogP) is 6.54. The van der Waals surface area contributed by atoms with Crippen LogP contribution >= 0.6 is 58.2 Å². The van der Waals surface area contributed by atoms with E-state index >= 15 is 0 Å². The number of nitrogens with zero attached hydrogens (tertiary/aromatic N) is 1. The van der Waals surface area contributed by atoms with E-state index in [4.69, 9.17) is 46.4 Å². The van der Waals surface area contributed by atoms with Gasteiger partial charge >= 0.3 is 0 Å². The highest BCUT2D eigenvalue weighted by atomic mass is 35.5. The van der Waals surface area contributed by atoms with Gasteiger partial charge in [0.05, 0.1) is 21.5 Å². The number of imide groups is 1. The molecule has 1 aliphatic rings. The van der Waals surface area contributed by atoms with Gasteiger partial charge in [-0.25, -0.2) is 0 Å². The summed E-state index contributed by atoms with van der Waals surface area (Å²) in [6.45, 7) is 0.118. The van der Waals surface area contributed by atoms with Gasteiger partial charge in [0, 0.05) is 10.0 Å². The molecule has 0 atom stereocenters. The summed E-state index contributed by atoms with van der Waals surface area (Å²) in [6.07, 6.45) is 1.58. The van der Waals surface area contributed by atoms with Crippen molar-refractivity contribution in [1.82, 2.24) is 4.90 Å². The van der Waals surface area contributed by atoms with Crippen LogP contribution in [0.3, 0.4) is 0 Å². The second kappa shape index (κ2) is 7.60. The number of thioether (sulfide) groups is 1. The molecule has 128 valence electrons. The fourth-order valence-corrected chi connectivity index (χ4v) is 3.83. The first-order chi connectivity index (χ1) is 11.8. The molecule has 8 heteroatoms. The number of benzene rings is 2. The number of hydrogen-bond acceptors (Lipinski definition) is 3. The summed E-state index contributed by atoms with van der Waals surface area (Å²) in [7, 11) is 0.